The van der Waals surface area contributed by atoms with Gasteiger partial charge in [0.05, 0.1) is 0 Å². The molecule has 0 aromatic heterocycles. The van der Waals surface area contributed by atoms with E-state index in [2.05, 4.69) is 16.2 Å². The SMILES string of the molecule is Cc1ccc(NC(=S)NNC(=O)c2cccc(O)c2)cc1. The Kier molecular flexibility index (Phi) is 4.73. The fraction of sp³-hybridized carbons (Fsp3) is 0.0667. The highest BCUT2D eigenvalue weighted by molar-refractivity contribution is 7.80. The van der Waals surface area contributed by atoms with E-state index in [-0.39, 0.29) is 16.8 Å². The van der Waals surface area contributed by atoms with Crippen molar-refractivity contribution in [3.63, 3.8) is 0 Å². The predicted octanol–water partition coefficient (Wildman–Crippen LogP) is 2.33. The lowest BCUT2D eigenvalue weighted by atomic mass is 10.2. The van der Waals surface area contributed by atoms with E-state index in [4.69, 9.17) is 12.2 Å². The first-order valence-corrected chi connectivity index (χ1v) is 6.68. The van der Waals surface area contributed by atoms with Crippen molar-refractivity contribution < 1.29 is 9.90 Å². The van der Waals surface area contributed by atoms with Gasteiger partial charge in [-0.05, 0) is 49.5 Å². The first-order chi connectivity index (χ1) is 10.0. The van der Waals surface area contributed by atoms with Crippen molar-refractivity contribution in [3.8, 4) is 5.75 Å². The van der Waals surface area contributed by atoms with E-state index in [0.29, 0.717) is 5.56 Å². The number of anilines is 1. The molecule has 0 saturated heterocycles. The molecule has 2 aromatic carbocycles. The van der Waals surface area contributed by atoms with Crippen LogP contribution in [0.5, 0.6) is 5.75 Å². The maximum absolute atomic E-state index is 11.8. The van der Waals surface area contributed by atoms with Crippen LogP contribution in [0, 0.1) is 6.92 Å². The summed E-state index contributed by atoms with van der Waals surface area (Å²) in [6, 6.07) is 13.7. The van der Waals surface area contributed by atoms with Gasteiger partial charge in [-0.1, -0.05) is 23.8 Å². The molecule has 0 aliphatic carbocycles. The van der Waals surface area contributed by atoms with E-state index in [1.54, 1.807) is 12.1 Å². The summed E-state index contributed by atoms with van der Waals surface area (Å²) in [7, 11) is 0. The minimum atomic E-state index is -0.390. The average Bonchev–Trinajstić information content (AvgIpc) is 2.47. The molecule has 1 amide bonds. The summed E-state index contributed by atoms with van der Waals surface area (Å²) in [5, 5.41) is 12.5. The molecule has 5 nitrogen and oxygen atoms in total. The molecule has 0 radical (unpaired) electrons. The maximum atomic E-state index is 11.8. The van der Waals surface area contributed by atoms with Gasteiger partial charge in [0.25, 0.3) is 5.91 Å². The van der Waals surface area contributed by atoms with Crippen molar-refractivity contribution in [3.05, 3.63) is 59.7 Å². The third-order valence-corrected chi connectivity index (χ3v) is 2.91. The molecule has 0 aliphatic heterocycles. The van der Waals surface area contributed by atoms with Gasteiger partial charge in [-0.3, -0.25) is 15.6 Å². The van der Waals surface area contributed by atoms with Crippen LogP contribution in [-0.4, -0.2) is 16.1 Å². The Bertz CT molecular complexity index is 656. The number of phenols is 1. The van der Waals surface area contributed by atoms with Crippen molar-refractivity contribution in [2.24, 2.45) is 0 Å². The second kappa shape index (κ2) is 6.71. The van der Waals surface area contributed by atoms with Crippen LogP contribution in [0.15, 0.2) is 48.5 Å². The van der Waals surface area contributed by atoms with Crippen LogP contribution in [0.2, 0.25) is 0 Å². The van der Waals surface area contributed by atoms with Gasteiger partial charge in [0, 0.05) is 11.3 Å². The number of hydrazine groups is 1. The number of hydrogen-bond acceptors (Lipinski definition) is 3. The van der Waals surface area contributed by atoms with E-state index in [1.807, 2.05) is 31.2 Å². The minimum absolute atomic E-state index is 0.0306. The normalized spacial score (nSPS) is 9.76. The first-order valence-electron chi connectivity index (χ1n) is 6.27. The smallest absolute Gasteiger partial charge is 0.269 e. The number of carbonyl (C=O) groups is 1. The van der Waals surface area contributed by atoms with Crippen LogP contribution in [0.4, 0.5) is 5.69 Å². The minimum Gasteiger partial charge on any atom is -0.508 e. The third kappa shape index (κ3) is 4.47. The number of thiocarbonyl (C=S) groups is 1. The molecule has 0 fully saturated rings. The molecule has 21 heavy (non-hydrogen) atoms. The molecular formula is C15H15N3O2S. The molecule has 4 N–H and O–H groups in total. The molecule has 0 heterocycles. The Balaban J connectivity index is 1.86. The maximum Gasteiger partial charge on any atom is 0.269 e. The summed E-state index contributed by atoms with van der Waals surface area (Å²) in [5.74, 6) is -0.359. The molecule has 0 saturated carbocycles. The van der Waals surface area contributed by atoms with Crippen LogP contribution in [0.1, 0.15) is 15.9 Å². The number of amides is 1. The third-order valence-electron chi connectivity index (χ3n) is 2.71. The monoisotopic (exact) mass is 301 g/mol. The van der Waals surface area contributed by atoms with Crippen LogP contribution >= 0.6 is 12.2 Å². The van der Waals surface area contributed by atoms with Crippen LogP contribution in [-0.2, 0) is 0 Å². The number of carbonyl (C=O) groups excluding carboxylic acids is 1. The quantitative estimate of drug-likeness (QED) is 0.506. The predicted molar refractivity (Wildman–Crippen MR) is 86.1 cm³/mol. The van der Waals surface area contributed by atoms with Gasteiger partial charge in [0.2, 0.25) is 0 Å². The highest BCUT2D eigenvalue weighted by Crippen LogP contribution is 2.10. The van der Waals surface area contributed by atoms with Crippen molar-refractivity contribution in [1.29, 1.82) is 0 Å². The van der Waals surface area contributed by atoms with Crippen molar-refractivity contribution in [1.82, 2.24) is 10.9 Å². The summed E-state index contributed by atoms with van der Waals surface area (Å²) in [6.07, 6.45) is 0. The Labute approximate surface area is 128 Å². The van der Waals surface area contributed by atoms with E-state index in [1.165, 1.54) is 12.1 Å². The van der Waals surface area contributed by atoms with E-state index in [0.717, 1.165) is 11.3 Å². The highest BCUT2D eigenvalue weighted by atomic mass is 32.1. The van der Waals surface area contributed by atoms with Gasteiger partial charge in [0.15, 0.2) is 5.11 Å². The molecule has 108 valence electrons. The standard InChI is InChI=1S/C15H15N3O2S/c1-10-5-7-12(8-6-10)16-15(21)18-17-14(20)11-3-2-4-13(19)9-11/h2-9,19H,1H3,(H,17,20)(H2,16,18,21). The van der Waals surface area contributed by atoms with Gasteiger partial charge in [-0.2, -0.15) is 0 Å². The number of phenolic OH excluding ortho intramolecular Hbond substituents is 1. The van der Waals surface area contributed by atoms with Crippen LogP contribution in [0.25, 0.3) is 0 Å². The Morgan fingerprint density at radius 3 is 2.48 bits per heavy atom. The zero-order valence-electron chi connectivity index (χ0n) is 11.4. The van der Waals surface area contributed by atoms with Crippen LogP contribution in [0.3, 0.4) is 0 Å². The number of nitrogens with one attached hydrogen (secondary N) is 3. The summed E-state index contributed by atoms with van der Waals surface area (Å²) >= 11 is 5.08. The molecule has 0 unspecified atom stereocenters. The molecule has 2 aromatic rings. The van der Waals surface area contributed by atoms with Crippen molar-refractivity contribution >= 4 is 28.9 Å². The van der Waals surface area contributed by atoms with E-state index >= 15 is 0 Å². The summed E-state index contributed by atoms with van der Waals surface area (Å²) in [5.41, 5.74) is 7.36. The van der Waals surface area contributed by atoms with Gasteiger partial charge in [0.1, 0.15) is 5.75 Å². The zero-order chi connectivity index (χ0) is 15.2. The van der Waals surface area contributed by atoms with Crippen molar-refractivity contribution in [2.45, 2.75) is 6.92 Å². The van der Waals surface area contributed by atoms with Crippen LogP contribution < -0.4 is 16.2 Å². The molecule has 2 rings (SSSR count). The molecule has 6 heteroatoms. The molecule has 0 atom stereocenters. The molecule has 0 spiro atoms. The fourth-order valence-corrected chi connectivity index (χ4v) is 1.80. The highest BCUT2D eigenvalue weighted by Gasteiger charge is 2.06. The Morgan fingerprint density at radius 2 is 1.81 bits per heavy atom. The lowest BCUT2D eigenvalue weighted by Gasteiger charge is -2.11. The van der Waals surface area contributed by atoms with E-state index in [9.17, 15) is 9.90 Å². The lowest BCUT2D eigenvalue weighted by molar-refractivity contribution is 0.0944. The lowest BCUT2D eigenvalue weighted by Crippen LogP contribution is -2.43. The Morgan fingerprint density at radius 1 is 1.10 bits per heavy atom. The largest absolute Gasteiger partial charge is 0.508 e. The number of hydrogen-bond donors (Lipinski definition) is 4. The second-order valence-electron chi connectivity index (χ2n) is 4.45. The zero-order valence-corrected chi connectivity index (χ0v) is 12.2. The molecule has 0 bridgehead atoms. The topological polar surface area (TPSA) is 73.4 Å². The molecular weight excluding hydrogens is 286 g/mol. The summed E-state index contributed by atoms with van der Waals surface area (Å²) in [4.78, 5) is 11.8. The number of aromatic hydroxyl groups is 1. The van der Waals surface area contributed by atoms with Gasteiger partial charge in [-0.25, -0.2) is 0 Å². The summed E-state index contributed by atoms with van der Waals surface area (Å²) < 4.78 is 0. The average molecular weight is 301 g/mol. The van der Waals surface area contributed by atoms with Crippen molar-refractivity contribution in [2.75, 3.05) is 5.32 Å². The summed E-state index contributed by atoms with van der Waals surface area (Å²) in [6.45, 7) is 2.00. The number of benzene rings is 2. The van der Waals surface area contributed by atoms with Gasteiger partial charge < -0.3 is 10.4 Å². The van der Waals surface area contributed by atoms with Gasteiger partial charge in [-0.15, -0.1) is 0 Å². The Hall–Kier alpha value is -2.60. The molecule has 0 aliphatic rings. The second-order valence-corrected chi connectivity index (χ2v) is 4.86. The first kappa shape index (κ1) is 14.8. The number of rotatable bonds is 2. The fourth-order valence-electron chi connectivity index (χ4n) is 1.63. The number of aryl methyl sites for hydroxylation is 1. The van der Waals surface area contributed by atoms with E-state index < -0.39 is 0 Å². The van der Waals surface area contributed by atoms with Gasteiger partial charge >= 0.3 is 0 Å².